The molecule has 2 aromatic rings. The second kappa shape index (κ2) is 10.1. The van der Waals surface area contributed by atoms with Crippen LogP contribution in [0.25, 0.3) is 10.9 Å². The minimum absolute atomic E-state index is 0.149. The molecule has 29 heavy (non-hydrogen) atoms. The second-order valence-corrected chi connectivity index (χ2v) is 8.02. The van der Waals surface area contributed by atoms with Crippen molar-refractivity contribution in [1.29, 1.82) is 0 Å². The van der Waals surface area contributed by atoms with Gasteiger partial charge in [0, 0.05) is 49.7 Å². The number of likely N-dealkylation sites (tertiary alicyclic amines) is 1. The van der Waals surface area contributed by atoms with Gasteiger partial charge in [-0.25, -0.2) is 0 Å². The van der Waals surface area contributed by atoms with E-state index in [2.05, 4.69) is 58.9 Å². The Bertz CT molecular complexity index is 805. The van der Waals surface area contributed by atoms with Gasteiger partial charge in [0.25, 0.3) is 0 Å². The molecule has 0 spiro atoms. The van der Waals surface area contributed by atoms with Crippen LogP contribution in [0.1, 0.15) is 32.3 Å². The molecule has 1 aromatic carbocycles. The van der Waals surface area contributed by atoms with E-state index in [9.17, 15) is 4.79 Å². The zero-order valence-electron chi connectivity index (χ0n) is 18.4. The first-order valence-corrected chi connectivity index (χ1v) is 10.9. The molecule has 1 N–H and O–H groups in total. The van der Waals surface area contributed by atoms with Gasteiger partial charge in [0.05, 0.1) is 7.11 Å². The SMILES string of the molecule is CCN(CC)CCNC(=O)C1CCN(Cc2cn(C)c3ccc(OC)cc23)CC1. The van der Waals surface area contributed by atoms with Crippen molar-refractivity contribution in [2.75, 3.05) is 46.4 Å². The number of amides is 1. The third kappa shape index (κ3) is 5.31. The van der Waals surface area contributed by atoms with E-state index in [1.165, 1.54) is 16.5 Å². The van der Waals surface area contributed by atoms with Gasteiger partial charge in [-0.15, -0.1) is 0 Å². The maximum atomic E-state index is 12.5. The fourth-order valence-corrected chi connectivity index (χ4v) is 4.32. The Morgan fingerprint density at radius 3 is 2.62 bits per heavy atom. The Balaban J connectivity index is 1.51. The predicted octanol–water partition coefficient (Wildman–Crippen LogP) is 2.86. The molecule has 0 unspecified atom stereocenters. The number of piperidine rings is 1. The van der Waals surface area contributed by atoms with Crippen molar-refractivity contribution >= 4 is 16.8 Å². The van der Waals surface area contributed by atoms with Crippen molar-refractivity contribution in [3.63, 3.8) is 0 Å². The lowest BCUT2D eigenvalue weighted by Crippen LogP contribution is -2.42. The molecule has 0 saturated carbocycles. The number of hydrogen-bond acceptors (Lipinski definition) is 4. The van der Waals surface area contributed by atoms with Crippen LogP contribution in [0.2, 0.25) is 0 Å². The highest BCUT2D eigenvalue weighted by Crippen LogP contribution is 2.27. The van der Waals surface area contributed by atoms with Crippen molar-refractivity contribution < 1.29 is 9.53 Å². The number of nitrogens with one attached hydrogen (secondary N) is 1. The van der Waals surface area contributed by atoms with Crippen molar-refractivity contribution in [3.8, 4) is 5.75 Å². The molecule has 0 aliphatic carbocycles. The normalized spacial score (nSPS) is 15.9. The van der Waals surface area contributed by atoms with Crippen LogP contribution in [0.4, 0.5) is 0 Å². The molecule has 6 nitrogen and oxygen atoms in total. The zero-order valence-corrected chi connectivity index (χ0v) is 18.4. The van der Waals surface area contributed by atoms with Crippen LogP contribution in [0, 0.1) is 5.92 Å². The van der Waals surface area contributed by atoms with E-state index in [-0.39, 0.29) is 11.8 Å². The molecular formula is C23H36N4O2. The smallest absolute Gasteiger partial charge is 0.223 e. The molecule has 1 aromatic heterocycles. The maximum Gasteiger partial charge on any atom is 0.223 e. The summed E-state index contributed by atoms with van der Waals surface area (Å²) in [6.45, 7) is 10.9. The summed E-state index contributed by atoms with van der Waals surface area (Å²) in [5.41, 5.74) is 2.55. The lowest BCUT2D eigenvalue weighted by Gasteiger charge is -2.31. The summed E-state index contributed by atoms with van der Waals surface area (Å²) in [6, 6.07) is 6.25. The summed E-state index contributed by atoms with van der Waals surface area (Å²) in [5, 5.41) is 4.39. The molecule has 2 heterocycles. The number of fused-ring (bicyclic) bond motifs is 1. The number of likely N-dealkylation sites (N-methyl/N-ethyl adjacent to an activating group) is 1. The van der Waals surface area contributed by atoms with Crippen LogP contribution in [0.3, 0.4) is 0 Å². The van der Waals surface area contributed by atoms with E-state index in [0.29, 0.717) is 0 Å². The zero-order chi connectivity index (χ0) is 20.8. The standard InChI is InChI=1S/C23H36N4O2/c1-5-26(6-2)14-11-24-23(28)18-9-12-27(13-10-18)17-19-16-25(3)22-8-7-20(29-4)15-21(19)22/h7-8,15-16,18H,5-6,9-14,17H2,1-4H3,(H,24,28). The number of nitrogens with zero attached hydrogens (tertiary/aromatic N) is 3. The largest absolute Gasteiger partial charge is 0.497 e. The number of rotatable bonds is 9. The third-order valence-electron chi connectivity index (χ3n) is 6.25. The van der Waals surface area contributed by atoms with Gasteiger partial charge in [-0.3, -0.25) is 9.69 Å². The number of hydrogen-bond donors (Lipinski definition) is 1. The number of benzene rings is 1. The van der Waals surface area contributed by atoms with E-state index in [1.54, 1.807) is 7.11 Å². The van der Waals surface area contributed by atoms with E-state index < -0.39 is 0 Å². The maximum absolute atomic E-state index is 12.5. The number of ether oxygens (including phenoxy) is 1. The lowest BCUT2D eigenvalue weighted by atomic mass is 9.95. The number of aryl methyl sites for hydroxylation is 1. The molecular weight excluding hydrogens is 364 g/mol. The first-order chi connectivity index (χ1) is 14.0. The Kier molecular flexibility index (Phi) is 7.56. The van der Waals surface area contributed by atoms with Gasteiger partial charge in [0.2, 0.25) is 5.91 Å². The highest BCUT2D eigenvalue weighted by atomic mass is 16.5. The van der Waals surface area contributed by atoms with E-state index in [4.69, 9.17) is 4.74 Å². The average Bonchev–Trinajstić information content (AvgIpc) is 3.06. The second-order valence-electron chi connectivity index (χ2n) is 8.02. The lowest BCUT2D eigenvalue weighted by molar-refractivity contribution is -0.126. The summed E-state index contributed by atoms with van der Waals surface area (Å²) in [7, 11) is 3.80. The van der Waals surface area contributed by atoms with Gasteiger partial charge < -0.3 is 19.5 Å². The van der Waals surface area contributed by atoms with Crippen LogP contribution in [-0.2, 0) is 18.4 Å². The summed E-state index contributed by atoms with van der Waals surface area (Å²) in [5.74, 6) is 1.27. The number of carbonyl (C=O) groups excluding carboxylic acids is 1. The molecule has 0 atom stereocenters. The highest BCUT2D eigenvalue weighted by molar-refractivity contribution is 5.85. The van der Waals surface area contributed by atoms with Gasteiger partial charge in [-0.2, -0.15) is 0 Å². The fourth-order valence-electron chi connectivity index (χ4n) is 4.32. The van der Waals surface area contributed by atoms with Gasteiger partial charge in [-0.1, -0.05) is 13.8 Å². The van der Waals surface area contributed by atoms with Crippen LogP contribution < -0.4 is 10.1 Å². The topological polar surface area (TPSA) is 49.7 Å². The molecule has 1 aliphatic rings. The minimum Gasteiger partial charge on any atom is -0.497 e. The van der Waals surface area contributed by atoms with Crippen molar-refractivity contribution in [2.24, 2.45) is 13.0 Å². The van der Waals surface area contributed by atoms with Gasteiger partial charge in [-0.05, 0) is 62.8 Å². The number of aromatic nitrogens is 1. The molecule has 1 fully saturated rings. The van der Waals surface area contributed by atoms with Crippen molar-refractivity contribution in [1.82, 2.24) is 19.7 Å². The number of methoxy groups -OCH3 is 1. The molecule has 0 bridgehead atoms. The quantitative estimate of drug-likeness (QED) is 0.703. The Morgan fingerprint density at radius 2 is 1.97 bits per heavy atom. The minimum atomic E-state index is 0.149. The van der Waals surface area contributed by atoms with E-state index >= 15 is 0 Å². The van der Waals surface area contributed by atoms with Crippen LogP contribution >= 0.6 is 0 Å². The molecule has 0 radical (unpaired) electrons. The molecule has 1 amide bonds. The van der Waals surface area contributed by atoms with Gasteiger partial charge >= 0.3 is 0 Å². The van der Waals surface area contributed by atoms with Crippen LogP contribution in [0.5, 0.6) is 5.75 Å². The fraction of sp³-hybridized carbons (Fsp3) is 0.609. The third-order valence-corrected chi connectivity index (χ3v) is 6.25. The number of carbonyl (C=O) groups is 1. The van der Waals surface area contributed by atoms with Gasteiger partial charge in [0.15, 0.2) is 0 Å². The highest BCUT2D eigenvalue weighted by Gasteiger charge is 2.25. The van der Waals surface area contributed by atoms with Crippen LogP contribution in [0.15, 0.2) is 24.4 Å². The summed E-state index contributed by atoms with van der Waals surface area (Å²) < 4.78 is 7.59. The summed E-state index contributed by atoms with van der Waals surface area (Å²) in [4.78, 5) is 17.3. The monoisotopic (exact) mass is 400 g/mol. The Labute approximate surface area is 174 Å². The van der Waals surface area contributed by atoms with Crippen molar-refractivity contribution in [2.45, 2.75) is 33.2 Å². The molecule has 1 aliphatic heterocycles. The molecule has 1 saturated heterocycles. The van der Waals surface area contributed by atoms with E-state index in [0.717, 1.165) is 64.4 Å². The molecule has 6 heteroatoms. The van der Waals surface area contributed by atoms with Crippen LogP contribution in [-0.4, -0.2) is 66.7 Å². The molecule has 3 rings (SSSR count). The predicted molar refractivity (Wildman–Crippen MR) is 118 cm³/mol. The van der Waals surface area contributed by atoms with E-state index in [1.807, 2.05) is 6.07 Å². The first-order valence-electron chi connectivity index (χ1n) is 10.9. The average molecular weight is 401 g/mol. The molecule has 160 valence electrons. The summed E-state index contributed by atoms with van der Waals surface area (Å²) in [6.07, 6.45) is 4.09. The first kappa shape index (κ1) is 21.7. The van der Waals surface area contributed by atoms with Gasteiger partial charge in [0.1, 0.15) is 5.75 Å². The Morgan fingerprint density at radius 1 is 1.24 bits per heavy atom. The summed E-state index contributed by atoms with van der Waals surface area (Å²) >= 11 is 0. The van der Waals surface area contributed by atoms with Crippen molar-refractivity contribution in [3.05, 3.63) is 30.0 Å². The Hall–Kier alpha value is -2.05.